The molecule has 2 aromatic rings. The third-order valence-electron chi connectivity index (χ3n) is 3.61. The van der Waals surface area contributed by atoms with E-state index in [0.29, 0.717) is 18.7 Å². The molecule has 0 atom stereocenters. The number of hydrogen-bond donors (Lipinski definition) is 0. The molecule has 2 rings (SSSR count). The maximum atomic E-state index is 12.5. The molecule has 0 aliphatic rings. The monoisotopic (exact) mass is 358 g/mol. The largest absolute Gasteiger partial charge is 0.423 e. The van der Waals surface area contributed by atoms with Gasteiger partial charge < -0.3 is 4.74 Å². The molecule has 6 nitrogen and oxygen atoms in total. The van der Waals surface area contributed by atoms with Crippen molar-refractivity contribution in [3.05, 3.63) is 59.7 Å². The Morgan fingerprint density at radius 1 is 1.12 bits per heavy atom. The van der Waals surface area contributed by atoms with Crippen molar-refractivity contribution in [2.75, 3.05) is 13.1 Å². The van der Waals surface area contributed by atoms with Crippen LogP contribution in [0.15, 0.2) is 53.4 Å². The van der Waals surface area contributed by atoms with E-state index >= 15 is 0 Å². The second-order valence-electron chi connectivity index (χ2n) is 5.14. The van der Waals surface area contributed by atoms with Gasteiger partial charge in [0.25, 0.3) is 0 Å². The topological polar surface area (TPSA) is 87.5 Å². The lowest BCUT2D eigenvalue weighted by atomic mass is 10.2. The van der Waals surface area contributed by atoms with Gasteiger partial charge in [0.15, 0.2) is 0 Å². The van der Waals surface area contributed by atoms with Crippen molar-refractivity contribution in [1.29, 1.82) is 5.26 Å². The number of hydrogen-bond acceptors (Lipinski definition) is 5. The minimum absolute atomic E-state index is 0.0467. The molecule has 0 bridgehead atoms. The first kappa shape index (κ1) is 18.6. The van der Waals surface area contributed by atoms with E-state index in [1.165, 1.54) is 52.8 Å². The zero-order valence-electron chi connectivity index (χ0n) is 14.0. The number of ether oxygens (including phenoxy) is 1. The maximum absolute atomic E-state index is 12.5. The molecule has 25 heavy (non-hydrogen) atoms. The lowest BCUT2D eigenvalue weighted by Crippen LogP contribution is -2.30. The van der Waals surface area contributed by atoms with E-state index in [9.17, 15) is 13.2 Å². The average Bonchev–Trinajstić information content (AvgIpc) is 2.63. The number of rotatable bonds is 6. The first-order valence-corrected chi connectivity index (χ1v) is 9.19. The standard InChI is InChI=1S/C18H18N2O4S/c1-3-20(4-2)25(22,23)17-7-5-6-15(12-17)18(21)24-16-10-8-14(13-19)9-11-16/h5-12H,3-4H2,1-2H3. The Kier molecular flexibility index (Phi) is 5.91. The van der Waals surface area contributed by atoms with Gasteiger partial charge in [-0.2, -0.15) is 9.57 Å². The van der Waals surface area contributed by atoms with E-state index in [2.05, 4.69) is 0 Å². The van der Waals surface area contributed by atoms with Crippen LogP contribution < -0.4 is 4.74 Å². The summed E-state index contributed by atoms with van der Waals surface area (Å²) in [5, 5.41) is 8.76. The summed E-state index contributed by atoms with van der Waals surface area (Å²) in [6.45, 7) is 4.20. The van der Waals surface area contributed by atoms with Crippen LogP contribution in [-0.2, 0) is 10.0 Å². The fraction of sp³-hybridized carbons (Fsp3) is 0.222. The second-order valence-corrected chi connectivity index (χ2v) is 7.08. The first-order valence-electron chi connectivity index (χ1n) is 7.75. The van der Waals surface area contributed by atoms with Crippen molar-refractivity contribution in [3.63, 3.8) is 0 Å². The van der Waals surface area contributed by atoms with Gasteiger partial charge in [-0.3, -0.25) is 0 Å². The molecule has 0 heterocycles. The van der Waals surface area contributed by atoms with Crippen LogP contribution in [0.2, 0.25) is 0 Å². The highest BCUT2D eigenvalue weighted by molar-refractivity contribution is 7.89. The number of esters is 1. The third kappa shape index (κ3) is 4.24. The van der Waals surface area contributed by atoms with Crippen molar-refractivity contribution >= 4 is 16.0 Å². The number of nitriles is 1. The Balaban J connectivity index is 2.25. The third-order valence-corrected chi connectivity index (χ3v) is 5.65. The summed E-state index contributed by atoms with van der Waals surface area (Å²) in [6, 6.07) is 13.8. The van der Waals surface area contributed by atoms with Crippen molar-refractivity contribution in [3.8, 4) is 11.8 Å². The fourth-order valence-corrected chi connectivity index (χ4v) is 3.76. The lowest BCUT2D eigenvalue weighted by molar-refractivity contribution is 0.0734. The second kappa shape index (κ2) is 7.92. The van der Waals surface area contributed by atoms with Crippen LogP contribution in [0.1, 0.15) is 29.8 Å². The molecule has 0 amide bonds. The van der Waals surface area contributed by atoms with Gasteiger partial charge in [0.05, 0.1) is 22.1 Å². The molecular formula is C18H18N2O4S. The fourth-order valence-electron chi connectivity index (χ4n) is 2.26. The van der Waals surface area contributed by atoms with Crippen molar-refractivity contribution in [2.24, 2.45) is 0 Å². The van der Waals surface area contributed by atoms with E-state index in [4.69, 9.17) is 10.00 Å². The summed E-state index contributed by atoms with van der Waals surface area (Å²) in [6.07, 6.45) is 0. The van der Waals surface area contributed by atoms with Gasteiger partial charge in [-0.1, -0.05) is 19.9 Å². The van der Waals surface area contributed by atoms with Crippen LogP contribution in [0.4, 0.5) is 0 Å². The lowest BCUT2D eigenvalue weighted by Gasteiger charge is -2.18. The summed E-state index contributed by atoms with van der Waals surface area (Å²) < 4.78 is 31.6. The van der Waals surface area contributed by atoms with E-state index in [-0.39, 0.29) is 16.2 Å². The van der Waals surface area contributed by atoms with E-state index in [0.717, 1.165) is 0 Å². The summed E-state index contributed by atoms with van der Waals surface area (Å²) >= 11 is 0. The van der Waals surface area contributed by atoms with Gasteiger partial charge in [-0.25, -0.2) is 13.2 Å². The first-order chi connectivity index (χ1) is 11.9. The molecule has 0 saturated heterocycles. The van der Waals surface area contributed by atoms with E-state index in [1.807, 2.05) is 6.07 Å². The van der Waals surface area contributed by atoms with Gasteiger partial charge in [0.1, 0.15) is 5.75 Å². The molecular weight excluding hydrogens is 340 g/mol. The van der Waals surface area contributed by atoms with Crippen LogP contribution in [-0.4, -0.2) is 31.8 Å². The van der Waals surface area contributed by atoms with Gasteiger partial charge in [0, 0.05) is 13.1 Å². The number of nitrogens with zero attached hydrogens (tertiary/aromatic N) is 2. The molecule has 2 aromatic carbocycles. The molecule has 0 saturated carbocycles. The van der Waals surface area contributed by atoms with Crippen LogP contribution in [0.5, 0.6) is 5.75 Å². The number of carbonyl (C=O) groups excluding carboxylic acids is 1. The Morgan fingerprint density at radius 3 is 2.32 bits per heavy atom. The molecule has 0 aromatic heterocycles. The Morgan fingerprint density at radius 2 is 1.76 bits per heavy atom. The predicted molar refractivity (Wildman–Crippen MR) is 92.7 cm³/mol. The van der Waals surface area contributed by atoms with Crippen molar-refractivity contribution in [1.82, 2.24) is 4.31 Å². The molecule has 0 aliphatic heterocycles. The van der Waals surface area contributed by atoms with Gasteiger partial charge >= 0.3 is 5.97 Å². The van der Waals surface area contributed by atoms with Crippen LogP contribution in [0, 0.1) is 11.3 Å². The zero-order valence-corrected chi connectivity index (χ0v) is 14.8. The summed E-state index contributed by atoms with van der Waals surface area (Å²) in [7, 11) is -3.65. The average molecular weight is 358 g/mol. The van der Waals surface area contributed by atoms with Crippen LogP contribution >= 0.6 is 0 Å². The molecule has 0 radical (unpaired) electrons. The van der Waals surface area contributed by atoms with Crippen LogP contribution in [0.3, 0.4) is 0 Å². The molecule has 0 N–H and O–H groups in total. The highest BCUT2D eigenvalue weighted by Gasteiger charge is 2.22. The molecule has 0 spiro atoms. The highest BCUT2D eigenvalue weighted by atomic mass is 32.2. The molecule has 130 valence electrons. The normalized spacial score (nSPS) is 11.1. The highest BCUT2D eigenvalue weighted by Crippen LogP contribution is 2.19. The minimum Gasteiger partial charge on any atom is -0.423 e. The van der Waals surface area contributed by atoms with Gasteiger partial charge in [0.2, 0.25) is 10.0 Å². The Labute approximate surface area is 147 Å². The smallest absolute Gasteiger partial charge is 0.343 e. The quantitative estimate of drug-likeness (QED) is 0.585. The van der Waals surface area contributed by atoms with Crippen molar-refractivity contribution < 1.29 is 17.9 Å². The summed E-state index contributed by atoms with van der Waals surface area (Å²) in [4.78, 5) is 12.3. The summed E-state index contributed by atoms with van der Waals surface area (Å²) in [5.41, 5.74) is 0.588. The molecule has 0 aliphatic carbocycles. The molecule has 0 fully saturated rings. The predicted octanol–water partition coefficient (Wildman–Crippen LogP) is 2.81. The van der Waals surface area contributed by atoms with E-state index in [1.54, 1.807) is 13.8 Å². The van der Waals surface area contributed by atoms with Gasteiger partial charge in [-0.05, 0) is 42.5 Å². The molecule has 0 unspecified atom stereocenters. The Bertz CT molecular complexity index is 895. The zero-order chi connectivity index (χ0) is 18.4. The van der Waals surface area contributed by atoms with Crippen LogP contribution in [0.25, 0.3) is 0 Å². The molecule has 7 heteroatoms. The SMILES string of the molecule is CCN(CC)S(=O)(=O)c1cccc(C(=O)Oc2ccc(C#N)cc2)c1. The maximum Gasteiger partial charge on any atom is 0.343 e. The summed E-state index contributed by atoms with van der Waals surface area (Å²) in [5.74, 6) is -0.387. The van der Waals surface area contributed by atoms with E-state index < -0.39 is 16.0 Å². The minimum atomic E-state index is -3.65. The number of sulfonamides is 1. The number of carbonyl (C=O) groups is 1. The number of benzene rings is 2. The van der Waals surface area contributed by atoms with Gasteiger partial charge in [-0.15, -0.1) is 0 Å². The Hall–Kier alpha value is -2.69. The van der Waals surface area contributed by atoms with Crippen molar-refractivity contribution in [2.45, 2.75) is 18.7 Å².